The van der Waals surface area contributed by atoms with Gasteiger partial charge in [0, 0.05) is 19.1 Å². The van der Waals surface area contributed by atoms with Crippen LogP contribution in [0.25, 0.3) is 0 Å². The van der Waals surface area contributed by atoms with Crippen LogP contribution in [0.1, 0.15) is 103 Å². The minimum Gasteiger partial charge on any atom is -0.494 e. The van der Waals surface area contributed by atoms with Crippen LogP contribution in [0.5, 0.6) is 5.75 Å². The maximum atomic E-state index is 5.94. The van der Waals surface area contributed by atoms with E-state index in [0.29, 0.717) is 6.04 Å². The molecule has 0 aliphatic rings. The summed E-state index contributed by atoms with van der Waals surface area (Å²) in [6.07, 6.45) is 18.9. The van der Waals surface area contributed by atoms with Gasteiger partial charge in [0.2, 0.25) is 0 Å². The highest BCUT2D eigenvalue weighted by Gasteiger charge is 2.03. The Bertz CT molecular complexity index is 500. The number of ether oxygens (including phenoxy) is 1. The van der Waals surface area contributed by atoms with Crippen LogP contribution in [0, 0.1) is 0 Å². The molecule has 1 atom stereocenters. The summed E-state index contributed by atoms with van der Waals surface area (Å²) < 4.78 is 5.94. The highest BCUT2D eigenvalue weighted by molar-refractivity contribution is 5.27. The third kappa shape index (κ3) is 17.2. The van der Waals surface area contributed by atoms with Crippen molar-refractivity contribution in [3.05, 3.63) is 29.8 Å². The normalized spacial score (nSPS) is 12.4. The standard InChI is InChI=1S/C28H52N2O/c1-5-6-7-8-9-10-11-12-13-14-15-16-25-31-28-21-19-27(20-22-28)18-17-26(2)29-23-24-30(3)4/h19-22,26,29H,5-18,23-25H2,1-4H3. The van der Waals surface area contributed by atoms with Crippen molar-refractivity contribution in [1.82, 2.24) is 10.2 Å². The Morgan fingerprint density at radius 1 is 0.806 bits per heavy atom. The molecule has 1 aromatic carbocycles. The number of nitrogens with one attached hydrogen (secondary N) is 1. The zero-order valence-electron chi connectivity index (χ0n) is 21.3. The SMILES string of the molecule is CCCCCCCCCCCCCCOc1ccc(CCC(C)NCCN(C)C)cc1. The number of hydrogen-bond donors (Lipinski definition) is 1. The van der Waals surface area contributed by atoms with E-state index in [4.69, 9.17) is 4.74 Å². The second-order valence-electron chi connectivity index (χ2n) is 9.58. The Balaban J connectivity index is 1.96. The van der Waals surface area contributed by atoms with E-state index in [-0.39, 0.29) is 0 Å². The van der Waals surface area contributed by atoms with Gasteiger partial charge in [-0.15, -0.1) is 0 Å². The molecule has 3 nitrogen and oxygen atoms in total. The second kappa shape index (κ2) is 19.6. The predicted molar refractivity (Wildman–Crippen MR) is 137 cm³/mol. The third-order valence-corrected chi connectivity index (χ3v) is 6.11. The van der Waals surface area contributed by atoms with Gasteiger partial charge >= 0.3 is 0 Å². The van der Waals surface area contributed by atoms with E-state index in [9.17, 15) is 0 Å². The van der Waals surface area contributed by atoms with Crippen molar-refractivity contribution < 1.29 is 4.74 Å². The Kier molecular flexibility index (Phi) is 17.7. The highest BCUT2D eigenvalue weighted by atomic mass is 16.5. The number of likely N-dealkylation sites (N-methyl/N-ethyl adjacent to an activating group) is 1. The van der Waals surface area contributed by atoms with Crippen LogP contribution in [-0.2, 0) is 6.42 Å². The van der Waals surface area contributed by atoms with E-state index >= 15 is 0 Å². The van der Waals surface area contributed by atoms with E-state index in [0.717, 1.165) is 31.9 Å². The third-order valence-electron chi connectivity index (χ3n) is 6.11. The smallest absolute Gasteiger partial charge is 0.119 e. The second-order valence-corrected chi connectivity index (χ2v) is 9.58. The van der Waals surface area contributed by atoms with Crippen LogP contribution >= 0.6 is 0 Å². The van der Waals surface area contributed by atoms with Crippen molar-refractivity contribution in [3.8, 4) is 5.75 Å². The molecule has 0 heterocycles. The van der Waals surface area contributed by atoms with Crippen LogP contribution in [0.2, 0.25) is 0 Å². The quantitative estimate of drug-likeness (QED) is 0.207. The van der Waals surface area contributed by atoms with Gasteiger partial charge in [0.1, 0.15) is 5.75 Å². The number of unbranched alkanes of at least 4 members (excludes halogenated alkanes) is 11. The fourth-order valence-electron chi connectivity index (χ4n) is 3.91. The molecule has 0 aliphatic heterocycles. The Labute approximate surface area is 194 Å². The molecule has 1 aromatic rings. The maximum absolute atomic E-state index is 5.94. The van der Waals surface area contributed by atoms with Gasteiger partial charge in [-0.1, -0.05) is 89.7 Å². The maximum Gasteiger partial charge on any atom is 0.119 e. The van der Waals surface area contributed by atoms with Crippen molar-refractivity contribution >= 4 is 0 Å². The molecule has 31 heavy (non-hydrogen) atoms. The number of rotatable bonds is 21. The van der Waals surface area contributed by atoms with Crippen molar-refractivity contribution in [2.45, 2.75) is 110 Å². The minimum atomic E-state index is 0.557. The minimum absolute atomic E-state index is 0.557. The predicted octanol–water partition coefficient (Wildman–Crippen LogP) is 7.24. The molecule has 0 radical (unpaired) electrons. The summed E-state index contributed by atoms with van der Waals surface area (Å²) in [7, 11) is 4.24. The summed E-state index contributed by atoms with van der Waals surface area (Å²) >= 11 is 0. The van der Waals surface area contributed by atoms with Gasteiger partial charge in [-0.3, -0.25) is 0 Å². The Hall–Kier alpha value is -1.06. The summed E-state index contributed by atoms with van der Waals surface area (Å²) in [6, 6.07) is 9.29. The van der Waals surface area contributed by atoms with E-state index in [2.05, 4.69) is 62.4 Å². The molecule has 180 valence electrons. The molecule has 1 N–H and O–H groups in total. The van der Waals surface area contributed by atoms with Crippen molar-refractivity contribution in [3.63, 3.8) is 0 Å². The molecular weight excluding hydrogens is 380 g/mol. The van der Waals surface area contributed by atoms with Crippen molar-refractivity contribution in [1.29, 1.82) is 0 Å². The first-order chi connectivity index (χ1) is 15.1. The van der Waals surface area contributed by atoms with Gasteiger partial charge < -0.3 is 15.0 Å². The molecule has 0 saturated heterocycles. The van der Waals surface area contributed by atoms with Crippen molar-refractivity contribution in [2.75, 3.05) is 33.8 Å². The van der Waals surface area contributed by atoms with Gasteiger partial charge in [-0.25, -0.2) is 0 Å². The van der Waals surface area contributed by atoms with Gasteiger partial charge in [-0.05, 0) is 58.0 Å². The summed E-state index contributed by atoms with van der Waals surface area (Å²) in [5.41, 5.74) is 1.40. The topological polar surface area (TPSA) is 24.5 Å². The van der Waals surface area contributed by atoms with Crippen LogP contribution in [0.15, 0.2) is 24.3 Å². The molecule has 3 heteroatoms. The molecule has 0 aliphatic carbocycles. The Morgan fingerprint density at radius 2 is 1.35 bits per heavy atom. The number of benzene rings is 1. The van der Waals surface area contributed by atoms with Crippen LogP contribution in [0.4, 0.5) is 0 Å². The molecule has 1 unspecified atom stereocenters. The molecular formula is C28H52N2O. The zero-order chi connectivity index (χ0) is 22.6. The van der Waals surface area contributed by atoms with E-state index in [1.807, 2.05) is 0 Å². The lowest BCUT2D eigenvalue weighted by atomic mass is 10.1. The monoisotopic (exact) mass is 432 g/mol. The summed E-state index contributed by atoms with van der Waals surface area (Å²) in [6.45, 7) is 7.57. The largest absolute Gasteiger partial charge is 0.494 e. The Morgan fingerprint density at radius 3 is 1.90 bits per heavy atom. The number of hydrogen-bond acceptors (Lipinski definition) is 3. The van der Waals surface area contributed by atoms with Crippen molar-refractivity contribution in [2.24, 2.45) is 0 Å². The lowest BCUT2D eigenvalue weighted by Gasteiger charge is -2.16. The molecule has 0 fully saturated rings. The first-order valence-electron chi connectivity index (χ1n) is 13.2. The first-order valence-corrected chi connectivity index (χ1v) is 13.2. The fourth-order valence-corrected chi connectivity index (χ4v) is 3.91. The molecule has 0 aromatic heterocycles. The summed E-state index contributed by atoms with van der Waals surface area (Å²) in [5.74, 6) is 1.02. The van der Waals surface area contributed by atoms with Gasteiger partial charge in [0.15, 0.2) is 0 Å². The number of nitrogens with zero attached hydrogens (tertiary/aromatic N) is 1. The average molecular weight is 433 g/mol. The first kappa shape index (κ1) is 28.0. The molecule has 1 rings (SSSR count). The van der Waals surface area contributed by atoms with Gasteiger partial charge in [-0.2, -0.15) is 0 Å². The van der Waals surface area contributed by atoms with Crippen LogP contribution in [0.3, 0.4) is 0 Å². The zero-order valence-corrected chi connectivity index (χ0v) is 21.3. The van der Waals surface area contributed by atoms with Gasteiger partial charge in [0.05, 0.1) is 6.61 Å². The molecule has 0 saturated carbocycles. The molecule has 0 amide bonds. The highest BCUT2D eigenvalue weighted by Crippen LogP contribution is 2.15. The van der Waals surface area contributed by atoms with E-state index in [1.165, 1.54) is 89.0 Å². The van der Waals surface area contributed by atoms with Crippen LogP contribution in [-0.4, -0.2) is 44.7 Å². The van der Waals surface area contributed by atoms with E-state index in [1.54, 1.807) is 0 Å². The average Bonchev–Trinajstić information content (AvgIpc) is 2.76. The van der Waals surface area contributed by atoms with E-state index < -0.39 is 0 Å². The lowest BCUT2D eigenvalue weighted by molar-refractivity contribution is 0.304. The lowest BCUT2D eigenvalue weighted by Crippen LogP contribution is -2.33. The summed E-state index contributed by atoms with van der Waals surface area (Å²) in [4.78, 5) is 2.22. The molecule has 0 bridgehead atoms. The molecule has 0 spiro atoms. The van der Waals surface area contributed by atoms with Crippen LogP contribution < -0.4 is 10.1 Å². The van der Waals surface area contributed by atoms with Gasteiger partial charge in [0.25, 0.3) is 0 Å². The number of aryl methyl sites for hydroxylation is 1. The summed E-state index contributed by atoms with van der Waals surface area (Å²) in [5, 5.41) is 3.60. The fraction of sp³-hybridized carbons (Fsp3) is 0.786.